The van der Waals surface area contributed by atoms with Gasteiger partial charge in [-0.15, -0.1) is 0 Å². The van der Waals surface area contributed by atoms with Crippen LogP contribution in [0, 0.1) is 17.3 Å². The van der Waals surface area contributed by atoms with Crippen molar-refractivity contribution in [3.63, 3.8) is 0 Å². The minimum atomic E-state index is -1.25. The average molecular weight is 492 g/mol. The highest BCUT2D eigenvalue weighted by Crippen LogP contribution is 2.44. The van der Waals surface area contributed by atoms with Gasteiger partial charge in [0.05, 0.1) is 35.7 Å². The number of rotatable bonds is 2. The lowest BCUT2D eigenvalue weighted by molar-refractivity contribution is -0.154. The number of ether oxygens (including phenoxy) is 3. The summed E-state index contributed by atoms with van der Waals surface area (Å²) in [5.74, 6) is -1.22. The molecule has 3 rings (SSSR count). The number of carbonyl (C=O) groups is 2. The number of fused-ring (bicyclic) bond motifs is 1. The van der Waals surface area contributed by atoms with Crippen LogP contribution in [0.15, 0.2) is 28.8 Å². The lowest BCUT2D eigenvalue weighted by Crippen LogP contribution is -2.45. The van der Waals surface area contributed by atoms with Crippen molar-refractivity contribution < 1.29 is 34.0 Å². The molecular weight excluding hydrogens is 450 g/mol. The second kappa shape index (κ2) is 10.5. The predicted octanol–water partition coefficient (Wildman–Crippen LogP) is 3.15. The fraction of sp³-hybridized carbons (Fsp3) is 0.741. The van der Waals surface area contributed by atoms with Gasteiger partial charge < -0.3 is 24.4 Å². The average Bonchev–Trinajstić information content (AvgIpc) is 3.22. The number of Topliss-reactive ketones (excluding diaryl/α,β-unsaturated/α-hetero) is 1. The van der Waals surface area contributed by atoms with Gasteiger partial charge in [0.1, 0.15) is 24.5 Å². The summed E-state index contributed by atoms with van der Waals surface area (Å²) in [7, 11) is 0. The maximum absolute atomic E-state index is 13.2. The third kappa shape index (κ3) is 6.40. The number of aliphatic hydroxyl groups is 2. The van der Waals surface area contributed by atoms with Gasteiger partial charge >= 0.3 is 5.97 Å². The predicted molar refractivity (Wildman–Crippen MR) is 132 cm³/mol. The summed E-state index contributed by atoms with van der Waals surface area (Å²) in [5, 5.41) is 21.6. The molecule has 0 saturated carbocycles. The summed E-state index contributed by atoms with van der Waals surface area (Å²) in [6.07, 6.45) is 3.82. The Hall–Kier alpha value is -2.03. The van der Waals surface area contributed by atoms with Crippen LogP contribution in [0.4, 0.5) is 0 Å². The fourth-order valence-electron chi connectivity index (χ4n) is 4.91. The van der Waals surface area contributed by atoms with E-state index < -0.39 is 41.2 Å². The van der Waals surface area contributed by atoms with E-state index in [0.29, 0.717) is 25.3 Å². The molecule has 8 nitrogen and oxygen atoms in total. The lowest BCUT2D eigenvalue weighted by atomic mass is 9.73. The first kappa shape index (κ1) is 27.6. The minimum absolute atomic E-state index is 0.103. The first-order valence-electron chi connectivity index (χ1n) is 12.5. The van der Waals surface area contributed by atoms with Gasteiger partial charge in [0.2, 0.25) is 0 Å². The van der Waals surface area contributed by atoms with Crippen molar-refractivity contribution in [3.8, 4) is 0 Å². The zero-order valence-electron chi connectivity index (χ0n) is 22.0. The molecule has 2 N–H and O–H groups in total. The molecule has 3 aliphatic rings. The van der Waals surface area contributed by atoms with E-state index in [9.17, 15) is 19.8 Å². The third-order valence-corrected chi connectivity index (χ3v) is 7.77. The van der Waals surface area contributed by atoms with Gasteiger partial charge in [-0.05, 0) is 25.8 Å². The summed E-state index contributed by atoms with van der Waals surface area (Å²) in [4.78, 5) is 30.5. The Kier molecular flexibility index (Phi) is 8.29. The van der Waals surface area contributed by atoms with Gasteiger partial charge in [-0.25, -0.2) is 4.99 Å². The summed E-state index contributed by atoms with van der Waals surface area (Å²) in [6, 6.07) is -0.139. The van der Waals surface area contributed by atoms with Gasteiger partial charge in [-0.2, -0.15) is 0 Å². The maximum Gasteiger partial charge on any atom is 0.309 e. The molecule has 0 aromatic carbocycles. The molecule has 196 valence electrons. The lowest BCUT2D eigenvalue weighted by Gasteiger charge is -2.34. The number of aliphatic hydroxyl groups excluding tert-OH is 2. The van der Waals surface area contributed by atoms with Crippen molar-refractivity contribution in [3.05, 3.63) is 23.8 Å². The Bertz CT molecular complexity index is 907. The topological polar surface area (TPSA) is 118 Å². The molecule has 35 heavy (non-hydrogen) atoms. The van der Waals surface area contributed by atoms with Crippen molar-refractivity contribution in [2.24, 2.45) is 22.2 Å². The molecule has 0 spiro atoms. The normalized spacial score (nSPS) is 41.9. The highest BCUT2D eigenvalue weighted by molar-refractivity contribution is 5.88. The summed E-state index contributed by atoms with van der Waals surface area (Å²) in [6.45, 7) is 12.9. The van der Waals surface area contributed by atoms with Gasteiger partial charge in [0, 0.05) is 25.2 Å². The van der Waals surface area contributed by atoms with Crippen molar-refractivity contribution in [2.45, 2.75) is 104 Å². The number of cyclic esters (lactones) is 1. The van der Waals surface area contributed by atoms with Gasteiger partial charge in [-0.3, -0.25) is 9.59 Å². The second-order valence-corrected chi connectivity index (χ2v) is 11.1. The van der Waals surface area contributed by atoms with Crippen LogP contribution in [-0.4, -0.2) is 70.5 Å². The van der Waals surface area contributed by atoms with E-state index in [1.807, 2.05) is 39.0 Å². The van der Waals surface area contributed by atoms with E-state index in [1.54, 1.807) is 27.7 Å². The SMILES string of the molecule is CC1=NC(/C=C(\C)[C@@H]2CC3OC3(C)C/C=C/[C@H](C)[C@H](O)[C@@H](C)C(=O)C(C)(C)[C@@H](O)CC(=O)O2)CO1. The van der Waals surface area contributed by atoms with Crippen LogP contribution in [0.25, 0.3) is 0 Å². The molecule has 8 atom stereocenters. The highest BCUT2D eigenvalue weighted by Gasteiger charge is 2.52. The number of ketones is 1. The van der Waals surface area contributed by atoms with Crippen LogP contribution >= 0.6 is 0 Å². The number of nitrogens with zero attached hydrogens (tertiary/aromatic N) is 1. The zero-order chi connectivity index (χ0) is 26.1. The monoisotopic (exact) mass is 491 g/mol. The Morgan fingerprint density at radius 1 is 1.20 bits per heavy atom. The zero-order valence-corrected chi connectivity index (χ0v) is 22.0. The van der Waals surface area contributed by atoms with Crippen molar-refractivity contribution in [2.75, 3.05) is 6.61 Å². The molecule has 3 unspecified atom stereocenters. The molecule has 0 aromatic heterocycles. The summed E-state index contributed by atoms with van der Waals surface area (Å²) >= 11 is 0. The van der Waals surface area contributed by atoms with Gasteiger partial charge in [0.25, 0.3) is 0 Å². The van der Waals surface area contributed by atoms with Crippen molar-refractivity contribution >= 4 is 17.7 Å². The molecule has 0 aromatic rings. The van der Waals surface area contributed by atoms with Crippen molar-refractivity contribution in [1.82, 2.24) is 0 Å². The number of hydrogen-bond donors (Lipinski definition) is 2. The molecular formula is C27H41NO7. The van der Waals surface area contributed by atoms with Crippen LogP contribution in [0.1, 0.15) is 67.7 Å². The molecule has 0 radical (unpaired) electrons. The van der Waals surface area contributed by atoms with Gasteiger partial charge in [0.15, 0.2) is 5.90 Å². The van der Waals surface area contributed by atoms with Crippen LogP contribution in [0.3, 0.4) is 0 Å². The summed E-state index contributed by atoms with van der Waals surface area (Å²) < 4.78 is 17.3. The van der Waals surface area contributed by atoms with E-state index >= 15 is 0 Å². The number of carbonyl (C=O) groups excluding carboxylic acids is 2. The molecule has 3 heterocycles. The van der Waals surface area contributed by atoms with Crippen LogP contribution in [-0.2, 0) is 23.8 Å². The smallest absolute Gasteiger partial charge is 0.309 e. The van der Waals surface area contributed by atoms with Crippen LogP contribution in [0.2, 0.25) is 0 Å². The largest absolute Gasteiger partial charge is 0.479 e. The molecule has 1 saturated heterocycles. The maximum atomic E-state index is 13.2. The van der Waals surface area contributed by atoms with E-state index in [-0.39, 0.29) is 30.3 Å². The Morgan fingerprint density at radius 3 is 2.51 bits per heavy atom. The first-order chi connectivity index (χ1) is 16.2. The molecule has 0 aliphatic carbocycles. The minimum Gasteiger partial charge on any atom is -0.479 e. The molecule has 0 amide bonds. The van der Waals surface area contributed by atoms with Crippen LogP contribution < -0.4 is 0 Å². The summed E-state index contributed by atoms with van der Waals surface area (Å²) in [5.41, 5.74) is -0.779. The quantitative estimate of drug-likeness (QED) is 0.346. The standard InChI is InChI=1S/C27H41NO7/c1-15-9-8-10-27(7)22(35-27)12-20(16(2)11-19-14-33-18(4)28-19)34-23(30)13-21(29)26(5,6)25(32)17(3)24(15)31/h8-9,11,15,17,19-22,24,29,31H,10,12-14H2,1-7H3/b9-8+,16-11+/t15-,17+,19?,20-,21-,22?,24-,27?/m0/s1. The van der Waals surface area contributed by atoms with Gasteiger partial charge in [-0.1, -0.05) is 45.9 Å². The highest BCUT2D eigenvalue weighted by atomic mass is 16.6. The Morgan fingerprint density at radius 2 is 1.89 bits per heavy atom. The molecule has 0 bridgehead atoms. The number of epoxide rings is 1. The number of aliphatic imine (C=N–C) groups is 1. The van der Waals surface area contributed by atoms with Crippen molar-refractivity contribution in [1.29, 1.82) is 0 Å². The third-order valence-electron chi connectivity index (χ3n) is 7.77. The van der Waals surface area contributed by atoms with E-state index in [0.717, 1.165) is 5.57 Å². The fourth-order valence-corrected chi connectivity index (χ4v) is 4.91. The Labute approximate surface area is 208 Å². The van der Waals surface area contributed by atoms with E-state index in [1.165, 1.54) is 0 Å². The Balaban J connectivity index is 1.87. The van der Waals surface area contributed by atoms with E-state index in [4.69, 9.17) is 14.2 Å². The van der Waals surface area contributed by atoms with E-state index in [2.05, 4.69) is 4.99 Å². The molecule has 1 fully saturated rings. The number of hydrogen-bond acceptors (Lipinski definition) is 8. The molecule has 8 heteroatoms. The number of esters is 1. The second-order valence-electron chi connectivity index (χ2n) is 11.1. The molecule has 3 aliphatic heterocycles. The van der Waals surface area contributed by atoms with Crippen LogP contribution in [0.5, 0.6) is 0 Å². The first-order valence-corrected chi connectivity index (χ1v) is 12.5.